The lowest BCUT2D eigenvalue weighted by molar-refractivity contribution is -0.121. The highest BCUT2D eigenvalue weighted by molar-refractivity contribution is 8.26. The SMILES string of the molecule is CCOc1cc(/C=C2/SC(=S)N(CC)C2=O)cc(Cl)c1OCCCOc1ccccc1C. The minimum Gasteiger partial charge on any atom is -0.493 e. The lowest BCUT2D eigenvalue weighted by Gasteiger charge is -2.15. The van der Waals surface area contributed by atoms with Crippen LogP contribution in [0.5, 0.6) is 17.2 Å². The number of thiocarbonyl (C=S) groups is 1. The molecule has 1 heterocycles. The molecule has 32 heavy (non-hydrogen) atoms. The maximum Gasteiger partial charge on any atom is 0.266 e. The zero-order chi connectivity index (χ0) is 23.1. The van der Waals surface area contributed by atoms with Crippen molar-refractivity contribution in [2.45, 2.75) is 27.2 Å². The van der Waals surface area contributed by atoms with E-state index in [0.717, 1.165) is 16.9 Å². The molecule has 0 saturated carbocycles. The maximum atomic E-state index is 12.5. The van der Waals surface area contributed by atoms with Crippen molar-refractivity contribution in [3.8, 4) is 17.2 Å². The summed E-state index contributed by atoms with van der Waals surface area (Å²) in [5.41, 5.74) is 1.85. The van der Waals surface area contributed by atoms with E-state index in [1.807, 2.05) is 51.1 Å². The van der Waals surface area contributed by atoms with Crippen molar-refractivity contribution >= 4 is 51.9 Å². The van der Waals surface area contributed by atoms with Crippen LogP contribution in [0.3, 0.4) is 0 Å². The molecule has 0 spiro atoms. The lowest BCUT2D eigenvalue weighted by Crippen LogP contribution is -2.27. The van der Waals surface area contributed by atoms with E-state index in [9.17, 15) is 4.79 Å². The van der Waals surface area contributed by atoms with E-state index in [-0.39, 0.29) is 5.91 Å². The number of ether oxygens (including phenoxy) is 3. The predicted octanol–water partition coefficient (Wildman–Crippen LogP) is 6.12. The first-order valence-corrected chi connectivity index (χ1v) is 12.1. The zero-order valence-electron chi connectivity index (χ0n) is 18.4. The number of rotatable bonds is 10. The van der Waals surface area contributed by atoms with Crippen molar-refractivity contribution < 1.29 is 19.0 Å². The molecule has 0 aromatic heterocycles. The van der Waals surface area contributed by atoms with Crippen LogP contribution in [0, 0.1) is 6.92 Å². The van der Waals surface area contributed by atoms with Crippen LogP contribution in [0.4, 0.5) is 0 Å². The van der Waals surface area contributed by atoms with Crippen LogP contribution in [0.15, 0.2) is 41.3 Å². The number of amides is 1. The highest BCUT2D eigenvalue weighted by atomic mass is 35.5. The van der Waals surface area contributed by atoms with Crippen molar-refractivity contribution in [1.29, 1.82) is 0 Å². The molecule has 2 aromatic rings. The van der Waals surface area contributed by atoms with Crippen molar-refractivity contribution in [1.82, 2.24) is 4.90 Å². The fraction of sp³-hybridized carbons (Fsp3) is 0.333. The van der Waals surface area contributed by atoms with Gasteiger partial charge in [0.15, 0.2) is 11.5 Å². The average Bonchev–Trinajstić information content (AvgIpc) is 3.03. The Labute approximate surface area is 203 Å². The fourth-order valence-electron chi connectivity index (χ4n) is 3.13. The first-order valence-electron chi connectivity index (χ1n) is 10.5. The summed E-state index contributed by atoms with van der Waals surface area (Å²) in [4.78, 5) is 14.6. The third-order valence-corrected chi connectivity index (χ3v) is 6.36. The number of carbonyl (C=O) groups is 1. The fourth-order valence-corrected chi connectivity index (χ4v) is 4.79. The molecule has 8 heteroatoms. The Morgan fingerprint density at radius 3 is 2.53 bits per heavy atom. The minimum atomic E-state index is -0.0921. The van der Waals surface area contributed by atoms with Crippen LogP contribution in [-0.4, -0.2) is 41.5 Å². The molecule has 0 bridgehead atoms. The topological polar surface area (TPSA) is 48.0 Å². The number of aryl methyl sites for hydroxylation is 1. The summed E-state index contributed by atoms with van der Waals surface area (Å²) in [6, 6.07) is 11.5. The van der Waals surface area contributed by atoms with E-state index in [0.29, 0.717) is 58.5 Å². The van der Waals surface area contributed by atoms with E-state index in [4.69, 9.17) is 38.0 Å². The highest BCUT2D eigenvalue weighted by Crippen LogP contribution is 2.39. The van der Waals surface area contributed by atoms with Gasteiger partial charge in [-0.05, 0) is 56.2 Å². The van der Waals surface area contributed by atoms with Gasteiger partial charge in [0.25, 0.3) is 5.91 Å². The van der Waals surface area contributed by atoms with Crippen LogP contribution < -0.4 is 14.2 Å². The van der Waals surface area contributed by atoms with Crippen LogP contribution in [0.1, 0.15) is 31.4 Å². The Morgan fingerprint density at radius 1 is 1.09 bits per heavy atom. The molecular weight excluding hydrogens is 466 g/mol. The molecule has 0 N–H and O–H groups in total. The predicted molar refractivity (Wildman–Crippen MR) is 135 cm³/mol. The van der Waals surface area contributed by atoms with Gasteiger partial charge in [-0.3, -0.25) is 9.69 Å². The van der Waals surface area contributed by atoms with Crippen LogP contribution in [0.2, 0.25) is 5.02 Å². The average molecular weight is 492 g/mol. The number of halogens is 1. The van der Waals surface area contributed by atoms with Gasteiger partial charge in [-0.25, -0.2) is 0 Å². The van der Waals surface area contributed by atoms with Crippen molar-refractivity contribution in [2.24, 2.45) is 0 Å². The summed E-state index contributed by atoms with van der Waals surface area (Å²) >= 11 is 13.1. The molecule has 2 aromatic carbocycles. The summed E-state index contributed by atoms with van der Waals surface area (Å²) in [6.45, 7) is 7.78. The third-order valence-electron chi connectivity index (χ3n) is 4.71. The summed E-state index contributed by atoms with van der Waals surface area (Å²) < 4.78 is 18.1. The molecule has 1 fully saturated rings. The number of likely N-dealkylation sites (N-methyl/N-ethyl adjacent to an activating group) is 1. The van der Waals surface area contributed by atoms with Gasteiger partial charge in [0.2, 0.25) is 0 Å². The normalized spacial score (nSPS) is 14.9. The van der Waals surface area contributed by atoms with E-state index in [1.54, 1.807) is 17.0 Å². The Balaban J connectivity index is 1.66. The maximum absolute atomic E-state index is 12.5. The van der Waals surface area contributed by atoms with Gasteiger partial charge in [-0.15, -0.1) is 0 Å². The van der Waals surface area contributed by atoms with Crippen molar-refractivity contribution in [3.63, 3.8) is 0 Å². The number of nitrogens with zero attached hydrogens (tertiary/aromatic N) is 1. The molecule has 0 atom stereocenters. The number of thioether (sulfide) groups is 1. The molecule has 1 aliphatic rings. The molecule has 5 nitrogen and oxygen atoms in total. The molecule has 3 rings (SSSR count). The number of hydrogen-bond acceptors (Lipinski definition) is 6. The molecule has 0 unspecified atom stereocenters. The summed E-state index contributed by atoms with van der Waals surface area (Å²) in [5, 5.41) is 0.424. The Bertz CT molecular complexity index is 1030. The largest absolute Gasteiger partial charge is 0.493 e. The molecule has 0 radical (unpaired) electrons. The Hall–Kier alpha value is -2.22. The number of benzene rings is 2. The van der Waals surface area contributed by atoms with Gasteiger partial charge in [-0.1, -0.05) is 53.8 Å². The molecule has 170 valence electrons. The molecule has 0 aliphatic carbocycles. The number of para-hydroxylation sites is 1. The standard InChI is InChI=1S/C24H26ClNO4S2/c1-4-26-23(27)21(32-24(26)31)15-17-13-18(25)22(20(14-17)28-5-2)30-12-8-11-29-19-10-7-6-9-16(19)3/h6-7,9-10,13-15H,4-5,8,11-12H2,1-3H3/b21-15+. The van der Waals surface area contributed by atoms with Crippen molar-refractivity contribution in [3.05, 3.63) is 57.5 Å². The highest BCUT2D eigenvalue weighted by Gasteiger charge is 2.30. The van der Waals surface area contributed by atoms with Gasteiger partial charge < -0.3 is 14.2 Å². The first kappa shape index (κ1) is 24.4. The first-order chi connectivity index (χ1) is 15.4. The van der Waals surface area contributed by atoms with Gasteiger partial charge in [0.05, 0.1) is 29.7 Å². The van der Waals surface area contributed by atoms with E-state index in [2.05, 4.69) is 0 Å². The third kappa shape index (κ3) is 5.97. The van der Waals surface area contributed by atoms with Gasteiger partial charge in [0.1, 0.15) is 10.1 Å². The van der Waals surface area contributed by atoms with E-state index in [1.165, 1.54) is 11.8 Å². The zero-order valence-corrected chi connectivity index (χ0v) is 20.7. The van der Waals surface area contributed by atoms with Crippen LogP contribution in [0.25, 0.3) is 6.08 Å². The van der Waals surface area contributed by atoms with Crippen LogP contribution in [-0.2, 0) is 4.79 Å². The van der Waals surface area contributed by atoms with Gasteiger partial charge >= 0.3 is 0 Å². The monoisotopic (exact) mass is 491 g/mol. The van der Waals surface area contributed by atoms with Crippen LogP contribution >= 0.6 is 35.6 Å². The number of hydrogen-bond donors (Lipinski definition) is 0. The number of carbonyl (C=O) groups excluding carboxylic acids is 1. The second kappa shape index (κ2) is 11.6. The van der Waals surface area contributed by atoms with Gasteiger partial charge in [-0.2, -0.15) is 0 Å². The summed E-state index contributed by atoms with van der Waals surface area (Å²) in [7, 11) is 0. The Kier molecular flexibility index (Phi) is 8.84. The molecule has 1 amide bonds. The molecule has 1 saturated heterocycles. The Morgan fingerprint density at radius 2 is 1.84 bits per heavy atom. The second-order valence-electron chi connectivity index (χ2n) is 7.00. The smallest absolute Gasteiger partial charge is 0.266 e. The molecular formula is C24H26ClNO4S2. The second-order valence-corrected chi connectivity index (χ2v) is 9.09. The minimum absolute atomic E-state index is 0.0921. The summed E-state index contributed by atoms with van der Waals surface area (Å²) in [6.07, 6.45) is 2.47. The van der Waals surface area contributed by atoms with E-state index < -0.39 is 0 Å². The summed E-state index contributed by atoms with van der Waals surface area (Å²) in [5.74, 6) is 1.81. The van der Waals surface area contributed by atoms with Crippen molar-refractivity contribution in [2.75, 3.05) is 26.4 Å². The molecule has 1 aliphatic heterocycles. The lowest BCUT2D eigenvalue weighted by atomic mass is 10.1. The van der Waals surface area contributed by atoms with E-state index >= 15 is 0 Å². The quantitative estimate of drug-likeness (QED) is 0.227. The van der Waals surface area contributed by atoms with Gasteiger partial charge in [0, 0.05) is 13.0 Å².